The molecule has 3 heterocycles. The summed E-state index contributed by atoms with van der Waals surface area (Å²) in [6.45, 7) is 2.82. The van der Waals surface area contributed by atoms with Crippen LogP contribution in [0.15, 0.2) is 24.3 Å². The predicted molar refractivity (Wildman–Crippen MR) is 96.7 cm³/mol. The summed E-state index contributed by atoms with van der Waals surface area (Å²) < 4.78 is 11.7. The maximum atomic E-state index is 12.8. The van der Waals surface area contributed by atoms with Gasteiger partial charge in [-0.15, -0.1) is 0 Å². The maximum Gasteiger partial charge on any atom is 0.225 e. The molecule has 3 aliphatic heterocycles. The van der Waals surface area contributed by atoms with E-state index in [4.69, 9.17) is 9.47 Å². The number of β-amino-alcohol motifs (C(OH)–C–C–N with tert-alkyl or cyclic N) is 1. The van der Waals surface area contributed by atoms with Gasteiger partial charge in [0.1, 0.15) is 0 Å². The zero-order valence-electron chi connectivity index (χ0n) is 15.1. The molecule has 142 valence electrons. The van der Waals surface area contributed by atoms with Gasteiger partial charge in [0.15, 0.2) is 0 Å². The van der Waals surface area contributed by atoms with Crippen LogP contribution < -0.4 is 5.32 Å². The number of benzene rings is 1. The average Bonchev–Trinajstić information content (AvgIpc) is 2.65. The first kappa shape index (κ1) is 17.9. The third kappa shape index (κ3) is 4.09. The van der Waals surface area contributed by atoms with Gasteiger partial charge < -0.3 is 24.8 Å². The molecule has 6 heteroatoms. The summed E-state index contributed by atoms with van der Waals surface area (Å²) in [6, 6.07) is 8.56. The third-order valence-electron chi connectivity index (χ3n) is 5.71. The van der Waals surface area contributed by atoms with Crippen molar-refractivity contribution in [2.24, 2.45) is 0 Å². The number of nitrogens with one attached hydrogen (secondary N) is 1. The van der Waals surface area contributed by atoms with Gasteiger partial charge in [-0.25, -0.2) is 0 Å². The number of hydrogen-bond donors (Lipinski definition) is 2. The van der Waals surface area contributed by atoms with Crippen molar-refractivity contribution in [2.75, 3.05) is 26.3 Å². The van der Waals surface area contributed by atoms with Crippen molar-refractivity contribution in [3.05, 3.63) is 35.4 Å². The largest absolute Gasteiger partial charge is 0.389 e. The molecule has 26 heavy (non-hydrogen) atoms. The van der Waals surface area contributed by atoms with Gasteiger partial charge in [-0.1, -0.05) is 24.3 Å². The molecule has 0 saturated carbocycles. The smallest absolute Gasteiger partial charge is 0.225 e. The average molecular weight is 360 g/mol. The van der Waals surface area contributed by atoms with Gasteiger partial charge in [-0.05, 0) is 30.4 Å². The van der Waals surface area contributed by atoms with Crippen LogP contribution in [-0.4, -0.2) is 66.6 Å². The lowest BCUT2D eigenvalue weighted by Gasteiger charge is -2.39. The molecule has 3 aliphatic rings. The van der Waals surface area contributed by atoms with E-state index in [1.165, 1.54) is 11.1 Å². The fourth-order valence-electron chi connectivity index (χ4n) is 4.20. The van der Waals surface area contributed by atoms with E-state index in [0.29, 0.717) is 32.7 Å². The highest BCUT2D eigenvalue weighted by Gasteiger charge is 2.34. The Balaban J connectivity index is 1.31. The molecule has 0 spiro atoms. The van der Waals surface area contributed by atoms with E-state index in [1.54, 1.807) is 0 Å². The molecule has 2 saturated heterocycles. The van der Waals surface area contributed by atoms with Gasteiger partial charge in [0.25, 0.3) is 0 Å². The highest BCUT2D eigenvalue weighted by molar-refractivity contribution is 5.77. The van der Waals surface area contributed by atoms with Crippen molar-refractivity contribution in [3.8, 4) is 0 Å². The molecule has 0 aliphatic carbocycles. The van der Waals surface area contributed by atoms with E-state index < -0.39 is 6.10 Å². The van der Waals surface area contributed by atoms with Crippen molar-refractivity contribution in [1.82, 2.24) is 10.2 Å². The minimum absolute atomic E-state index is 0.0452. The van der Waals surface area contributed by atoms with E-state index >= 15 is 0 Å². The van der Waals surface area contributed by atoms with Crippen molar-refractivity contribution < 1.29 is 19.4 Å². The first-order valence-corrected chi connectivity index (χ1v) is 9.68. The Bertz CT molecular complexity index is 638. The highest BCUT2D eigenvalue weighted by atomic mass is 16.5. The zero-order chi connectivity index (χ0) is 17.9. The van der Waals surface area contributed by atoms with Crippen LogP contribution in [0.5, 0.6) is 0 Å². The van der Waals surface area contributed by atoms with E-state index in [9.17, 15) is 9.90 Å². The monoisotopic (exact) mass is 360 g/mol. The number of aliphatic hydroxyl groups is 1. The Morgan fingerprint density at radius 3 is 2.96 bits per heavy atom. The number of ether oxygens (including phenoxy) is 2. The van der Waals surface area contributed by atoms with Gasteiger partial charge in [0.05, 0.1) is 37.9 Å². The van der Waals surface area contributed by atoms with E-state index in [-0.39, 0.29) is 24.2 Å². The Kier molecular flexibility index (Phi) is 5.55. The molecule has 1 amide bonds. The summed E-state index contributed by atoms with van der Waals surface area (Å²) in [4.78, 5) is 14.7. The number of nitrogens with zero attached hydrogens (tertiary/aromatic N) is 1. The molecule has 0 radical (unpaired) electrons. The number of carbonyl (C=O) groups is 1. The third-order valence-corrected chi connectivity index (χ3v) is 5.71. The number of carbonyl (C=O) groups excluding carboxylic acids is 1. The van der Waals surface area contributed by atoms with Gasteiger partial charge in [0.2, 0.25) is 5.91 Å². The highest BCUT2D eigenvalue weighted by Crippen LogP contribution is 2.25. The first-order valence-electron chi connectivity index (χ1n) is 9.68. The molecule has 6 nitrogen and oxygen atoms in total. The second-order valence-corrected chi connectivity index (χ2v) is 7.62. The first-order chi connectivity index (χ1) is 12.7. The second kappa shape index (κ2) is 8.05. The number of hydrogen-bond acceptors (Lipinski definition) is 5. The number of rotatable bonds is 2. The Hall–Kier alpha value is -1.47. The van der Waals surface area contributed by atoms with Crippen LogP contribution in [0.1, 0.15) is 30.4 Å². The molecular weight excluding hydrogens is 332 g/mol. The molecule has 1 aromatic rings. The Labute approximate surface area is 154 Å². The quantitative estimate of drug-likeness (QED) is 0.819. The number of fused-ring (bicyclic) bond motifs is 2. The van der Waals surface area contributed by atoms with Crippen LogP contribution >= 0.6 is 0 Å². The fourth-order valence-corrected chi connectivity index (χ4v) is 4.20. The summed E-state index contributed by atoms with van der Waals surface area (Å²) in [5.74, 6) is 0.179. The molecular formula is C20H28N2O4. The van der Waals surface area contributed by atoms with Crippen LogP contribution in [0, 0.1) is 0 Å². The van der Waals surface area contributed by atoms with E-state index in [1.807, 2.05) is 11.0 Å². The van der Waals surface area contributed by atoms with E-state index in [2.05, 4.69) is 23.5 Å². The van der Waals surface area contributed by atoms with Gasteiger partial charge in [0, 0.05) is 25.7 Å². The minimum Gasteiger partial charge on any atom is -0.389 e. The standard InChI is InChI=1S/C20H28N2O4/c23-16-10-21-18-6-5-17(26-19(18)13-25-12-16)9-20(24)22-8-7-14-3-1-2-4-15(14)11-22/h1-4,16-19,21,23H,5-13H2/t16-,17+,18-,19+/m1/s1. The van der Waals surface area contributed by atoms with Gasteiger partial charge >= 0.3 is 0 Å². The predicted octanol–water partition coefficient (Wildman–Crippen LogP) is 0.858. The zero-order valence-corrected chi connectivity index (χ0v) is 15.1. The van der Waals surface area contributed by atoms with Crippen molar-refractivity contribution in [2.45, 2.75) is 56.6 Å². The summed E-state index contributed by atoms with van der Waals surface area (Å²) in [5.41, 5.74) is 2.61. The van der Waals surface area contributed by atoms with Crippen LogP contribution in [0.4, 0.5) is 0 Å². The fraction of sp³-hybridized carbons (Fsp3) is 0.650. The molecule has 1 aromatic carbocycles. The van der Waals surface area contributed by atoms with Crippen molar-refractivity contribution in [3.63, 3.8) is 0 Å². The summed E-state index contributed by atoms with van der Waals surface area (Å²) in [6.07, 6.45) is 2.62. The van der Waals surface area contributed by atoms with Crippen LogP contribution in [0.25, 0.3) is 0 Å². The number of amides is 1. The normalized spacial score (nSPS) is 32.1. The van der Waals surface area contributed by atoms with E-state index in [0.717, 1.165) is 25.8 Å². The topological polar surface area (TPSA) is 71.0 Å². The molecule has 0 bridgehead atoms. The summed E-state index contributed by atoms with van der Waals surface area (Å²) in [7, 11) is 0. The SMILES string of the molecule is O=C(C[C@@H]1CC[C@H]2NC[C@@H](O)COC[C@@H]2O1)N1CCc2ccccc2C1. The molecule has 4 atom stereocenters. The molecule has 2 fully saturated rings. The molecule has 2 N–H and O–H groups in total. The molecule has 0 unspecified atom stereocenters. The maximum absolute atomic E-state index is 12.8. The van der Waals surface area contributed by atoms with Crippen molar-refractivity contribution >= 4 is 5.91 Å². The Morgan fingerprint density at radius 1 is 1.23 bits per heavy atom. The minimum atomic E-state index is -0.461. The van der Waals surface area contributed by atoms with Gasteiger partial charge in [-0.2, -0.15) is 0 Å². The second-order valence-electron chi connectivity index (χ2n) is 7.62. The summed E-state index contributed by atoms with van der Waals surface area (Å²) in [5, 5.41) is 13.1. The lowest BCUT2D eigenvalue weighted by molar-refractivity contribution is -0.145. The van der Waals surface area contributed by atoms with Gasteiger partial charge in [-0.3, -0.25) is 4.79 Å². The van der Waals surface area contributed by atoms with Crippen LogP contribution in [-0.2, 0) is 27.2 Å². The lowest BCUT2D eigenvalue weighted by atomic mass is 9.95. The Morgan fingerprint density at radius 2 is 2.08 bits per heavy atom. The van der Waals surface area contributed by atoms with Crippen LogP contribution in [0.2, 0.25) is 0 Å². The lowest BCUT2D eigenvalue weighted by Crippen LogP contribution is -2.54. The molecule has 4 rings (SSSR count). The molecule has 0 aromatic heterocycles. The summed E-state index contributed by atoms with van der Waals surface area (Å²) >= 11 is 0. The van der Waals surface area contributed by atoms with Crippen molar-refractivity contribution in [1.29, 1.82) is 0 Å². The number of aliphatic hydroxyl groups excluding tert-OH is 1. The van der Waals surface area contributed by atoms with Crippen LogP contribution in [0.3, 0.4) is 0 Å².